The number of carbonyl (C=O) groups excluding carboxylic acids is 5. The Morgan fingerprint density at radius 1 is 1.00 bits per heavy atom. The summed E-state index contributed by atoms with van der Waals surface area (Å²) in [4.78, 5) is 69.6. The Bertz CT molecular complexity index is 1380. The van der Waals surface area contributed by atoms with Gasteiger partial charge in [0.15, 0.2) is 0 Å². The molecule has 0 aromatic heterocycles. The molecule has 0 spiro atoms. The fourth-order valence-electron chi connectivity index (χ4n) is 8.49. The average Bonchev–Trinajstić information content (AvgIpc) is 3.63. The first-order chi connectivity index (χ1) is 24.2. The van der Waals surface area contributed by atoms with Crippen molar-refractivity contribution in [3.05, 3.63) is 12.7 Å². The van der Waals surface area contributed by atoms with Gasteiger partial charge in [-0.25, -0.2) is 13.3 Å². The molecule has 2 saturated heterocycles. The van der Waals surface area contributed by atoms with Crippen molar-refractivity contribution in [1.82, 2.24) is 30.5 Å². The minimum absolute atomic E-state index is 0.0673. The van der Waals surface area contributed by atoms with E-state index in [0.29, 0.717) is 38.1 Å². The van der Waals surface area contributed by atoms with Crippen LogP contribution in [0.25, 0.3) is 0 Å². The van der Waals surface area contributed by atoms with Crippen LogP contribution in [0.2, 0.25) is 0 Å². The summed E-state index contributed by atoms with van der Waals surface area (Å²) in [5.41, 5.74) is -0.796. The number of hydrogen-bond donors (Lipinski definition) is 4. The van der Waals surface area contributed by atoms with E-state index >= 15 is 0 Å². The molecule has 7 atom stereocenters. The number of amides is 5. The summed E-state index contributed by atoms with van der Waals surface area (Å²) in [7, 11) is -1.13. The SMILES string of the molecule is C=CCNC(=O)C(=O)C(CCC(F)(F)F)NC(=O)[C@@H]1[C@@H]2[C@H](CN1C(=O)[C@@H](NC(=O)N[C@H](CN1CCCS1=O)C(C)(C)C)C1CCCCC1)CC2(C)C. The van der Waals surface area contributed by atoms with Crippen molar-refractivity contribution in [3.8, 4) is 0 Å². The monoisotopic (exact) mass is 758 g/mol. The zero-order chi connectivity index (χ0) is 38.6. The third kappa shape index (κ3) is 10.4. The van der Waals surface area contributed by atoms with E-state index in [9.17, 15) is 41.4 Å². The smallest absolute Gasteiger partial charge is 0.346 e. The molecule has 2 aliphatic heterocycles. The molecular weight excluding hydrogens is 701 g/mol. The van der Waals surface area contributed by atoms with E-state index in [0.717, 1.165) is 25.7 Å². The molecule has 52 heavy (non-hydrogen) atoms. The second-order valence-corrected chi connectivity index (χ2v) is 18.2. The van der Waals surface area contributed by atoms with Crippen LogP contribution in [0.5, 0.6) is 0 Å². The lowest BCUT2D eigenvalue weighted by molar-refractivity contribution is -0.148. The van der Waals surface area contributed by atoms with Crippen LogP contribution in [0.3, 0.4) is 0 Å². The molecule has 12 nitrogen and oxygen atoms in total. The van der Waals surface area contributed by atoms with E-state index in [2.05, 4.69) is 27.8 Å². The number of hydrogen-bond acceptors (Lipinski definition) is 6. The number of alkyl halides is 3. The number of carbonyl (C=O) groups is 5. The van der Waals surface area contributed by atoms with Gasteiger partial charge in [-0.05, 0) is 60.7 Å². The maximum atomic E-state index is 14.7. The van der Waals surface area contributed by atoms with Crippen LogP contribution in [0.4, 0.5) is 18.0 Å². The van der Waals surface area contributed by atoms with E-state index in [4.69, 9.17) is 0 Å². The number of halogens is 3. The van der Waals surface area contributed by atoms with Crippen molar-refractivity contribution >= 4 is 40.5 Å². The van der Waals surface area contributed by atoms with Crippen LogP contribution in [-0.4, -0.2) is 105 Å². The Kier molecular flexibility index (Phi) is 13.6. The molecule has 4 aliphatic rings. The van der Waals surface area contributed by atoms with Gasteiger partial charge in [0.2, 0.25) is 17.6 Å². The summed E-state index contributed by atoms with van der Waals surface area (Å²) in [6.07, 6.45) is 0.00488. The summed E-state index contributed by atoms with van der Waals surface area (Å²) < 4.78 is 54.3. The van der Waals surface area contributed by atoms with Gasteiger partial charge >= 0.3 is 12.2 Å². The highest BCUT2D eigenvalue weighted by Gasteiger charge is 2.61. The molecule has 2 unspecified atom stereocenters. The molecule has 294 valence electrons. The van der Waals surface area contributed by atoms with E-state index in [1.165, 1.54) is 11.0 Å². The van der Waals surface area contributed by atoms with Crippen LogP contribution < -0.4 is 21.3 Å². The van der Waals surface area contributed by atoms with Crippen molar-refractivity contribution < 1.29 is 41.4 Å². The molecule has 5 amide bonds. The second kappa shape index (κ2) is 17.0. The third-order valence-electron chi connectivity index (χ3n) is 11.3. The highest BCUT2D eigenvalue weighted by Crippen LogP contribution is 2.57. The fraction of sp³-hybridized carbons (Fsp3) is 0.806. The minimum Gasteiger partial charge on any atom is -0.346 e. The number of likely N-dealkylation sites (tertiary alicyclic amines) is 1. The zero-order valence-corrected chi connectivity index (χ0v) is 31.9. The number of ketones is 1. The van der Waals surface area contributed by atoms with Crippen molar-refractivity contribution in [2.75, 3.05) is 31.9 Å². The average molecular weight is 759 g/mol. The van der Waals surface area contributed by atoms with Crippen LogP contribution >= 0.6 is 0 Å². The largest absolute Gasteiger partial charge is 0.389 e. The van der Waals surface area contributed by atoms with Crippen LogP contribution in [0, 0.1) is 28.6 Å². The Morgan fingerprint density at radius 3 is 2.23 bits per heavy atom. The highest BCUT2D eigenvalue weighted by molar-refractivity contribution is 7.82. The van der Waals surface area contributed by atoms with Crippen LogP contribution in [-0.2, 0) is 30.2 Å². The molecule has 4 rings (SSSR count). The van der Waals surface area contributed by atoms with Gasteiger partial charge in [0.05, 0.1) is 17.0 Å². The van der Waals surface area contributed by atoms with Crippen molar-refractivity contribution in [2.24, 2.45) is 28.6 Å². The molecule has 4 N–H and O–H groups in total. The quantitative estimate of drug-likeness (QED) is 0.157. The summed E-state index contributed by atoms with van der Waals surface area (Å²) >= 11 is 0. The van der Waals surface area contributed by atoms with Crippen LogP contribution in [0.1, 0.15) is 92.4 Å². The normalized spacial score (nSPS) is 26.7. The number of urea groups is 1. The van der Waals surface area contributed by atoms with Gasteiger partial charge in [-0.15, -0.1) is 6.58 Å². The number of fused-ring (bicyclic) bond motifs is 1. The molecule has 0 bridgehead atoms. The maximum absolute atomic E-state index is 14.7. The van der Waals surface area contributed by atoms with Gasteiger partial charge in [-0.3, -0.25) is 19.2 Å². The first kappa shape index (κ1) is 41.7. The molecule has 2 saturated carbocycles. The zero-order valence-electron chi connectivity index (χ0n) is 31.1. The minimum atomic E-state index is -4.64. The lowest BCUT2D eigenvalue weighted by Crippen LogP contribution is -2.62. The lowest BCUT2D eigenvalue weighted by Gasteiger charge is -2.49. The van der Waals surface area contributed by atoms with Crippen molar-refractivity contribution in [3.63, 3.8) is 0 Å². The standard InChI is InChI=1S/C36H57F3N6O6S/c1-7-16-40-31(48)29(46)24(14-15-36(37,38)39)41-30(47)28-26-23(19-35(26,5)6)20-45(28)32(49)27(22-12-9-8-10-13-22)43-33(50)42-25(34(2,3)4)21-44-17-11-18-52(44)51/h7,22-28H,1,8-21H2,2-6H3,(H,40,48)(H,41,47)(H2,42,43,50)/t23-,24?,25+,26-,27-,28-,52?/m0/s1. The van der Waals surface area contributed by atoms with E-state index in [1.54, 1.807) is 0 Å². The summed E-state index contributed by atoms with van der Waals surface area (Å²) in [5.74, 6) is -3.68. The Balaban J connectivity index is 1.59. The fourth-order valence-corrected chi connectivity index (χ4v) is 9.78. The predicted molar refractivity (Wildman–Crippen MR) is 191 cm³/mol. The summed E-state index contributed by atoms with van der Waals surface area (Å²) in [6.45, 7) is 14.4. The maximum Gasteiger partial charge on any atom is 0.389 e. The van der Waals surface area contributed by atoms with Crippen molar-refractivity contribution in [1.29, 1.82) is 0 Å². The van der Waals surface area contributed by atoms with Gasteiger partial charge in [-0.2, -0.15) is 13.2 Å². The second-order valence-electron chi connectivity index (χ2n) is 16.7. The van der Waals surface area contributed by atoms with Crippen molar-refractivity contribution in [2.45, 2.75) is 123 Å². The number of Topliss-reactive ketones (excluding diaryl/α,β-unsaturated/α-hetero) is 1. The number of rotatable bonds is 14. The van der Waals surface area contributed by atoms with Gasteiger partial charge in [0, 0.05) is 44.4 Å². The number of nitrogens with one attached hydrogen (secondary N) is 4. The van der Waals surface area contributed by atoms with E-state index in [-0.39, 0.29) is 30.8 Å². The summed E-state index contributed by atoms with van der Waals surface area (Å²) in [6, 6.07) is -4.82. The predicted octanol–water partition coefficient (Wildman–Crippen LogP) is 3.59. The number of nitrogens with zero attached hydrogens (tertiary/aromatic N) is 2. The Labute approximate surface area is 307 Å². The molecule has 16 heteroatoms. The van der Waals surface area contributed by atoms with Gasteiger partial charge < -0.3 is 26.2 Å². The molecular formula is C36H57F3N6O6S. The van der Waals surface area contributed by atoms with E-state index in [1.807, 2.05) is 38.9 Å². The molecule has 2 heterocycles. The van der Waals surface area contributed by atoms with Gasteiger partial charge in [0.1, 0.15) is 12.1 Å². The third-order valence-corrected chi connectivity index (χ3v) is 12.8. The molecule has 2 aliphatic carbocycles. The molecule has 0 aromatic carbocycles. The Morgan fingerprint density at radius 2 is 1.67 bits per heavy atom. The van der Waals surface area contributed by atoms with E-state index < -0.39 is 94.5 Å². The van der Waals surface area contributed by atoms with Gasteiger partial charge in [-0.1, -0.05) is 60.0 Å². The Hall–Kier alpha value is -3.01. The molecule has 0 aromatic rings. The first-order valence-electron chi connectivity index (χ1n) is 18.5. The molecule has 0 radical (unpaired) electrons. The topological polar surface area (TPSA) is 157 Å². The lowest BCUT2D eigenvalue weighted by atomic mass is 9.55. The van der Waals surface area contributed by atoms with Crippen LogP contribution in [0.15, 0.2) is 12.7 Å². The molecule has 4 fully saturated rings. The highest BCUT2D eigenvalue weighted by atomic mass is 32.2. The van der Waals surface area contributed by atoms with Gasteiger partial charge in [0.25, 0.3) is 5.91 Å². The first-order valence-corrected chi connectivity index (χ1v) is 19.8. The summed E-state index contributed by atoms with van der Waals surface area (Å²) in [5, 5.41) is 10.7.